The van der Waals surface area contributed by atoms with Crippen LogP contribution in [0.4, 0.5) is 0 Å². The van der Waals surface area contributed by atoms with Gasteiger partial charge in [-0.15, -0.1) is 34.8 Å². The zero-order valence-corrected chi connectivity index (χ0v) is 10.1. The van der Waals surface area contributed by atoms with Crippen LogP contribution in [0.5, 0.6) is 0 Å². The van der Waals surface area contributed by atoms with Crippen molar-refractivity contribution in [1.82, 2.24) is 0 Å². The lowest BCUT2D eigenvalue weighted by Crippen LogP contribution is -2.12. The fourth-order valence-electron chi connectivity index (χ4n) is 0.741. The standard InChI is InChI=1S/C7H12BrCl3/c8-5-4-7(10,11)3-1-2-6-9/h1-6H2. The van der Waals surface area contributed by atoms with Crippen molar-refractivity contribution in [3.63, 3.8) is 0 Å². The van der Waals surface area contributed by atoms with Crippen molar-refractivity contribution < 1.29 is 0 Å². The minimum Gasteiger partial charge on any atom is -0.127 e. The number of hydrogen-bond acceptors (Lipinski definition) is 0. The quantitative estimate of drug-likeness (QED) is 0.502. The minimum atomic E-state index is -0.560. The van der Waals surface area contributed by atoms with E-state index in [-0.39, 0.29) is 0 Å². The molecule has 0 rings (SSSR count). The molecule has 11 heavy (non-hydrogen) atoms. The van der Waals surface area contributed by atoms with E-state index in [2.05, 4.69) is 15.9 Å². The SMILES string of the molecule is ClCCCCC(Cl)(Cl)CCBr. The van der Waals surface area contributed by atoms with Crippen LogP contribution < -0.4 is 0 Å². The highest BCUT2D eigenvalue weighted by molar-refractivity contribution is 9.09. The summed E-state index contributed by atoms with van der Waals surface area (Å²) < 4.78 is -0.560. The summed E-state index contributed by atoms with van der Waals surface area (Å²) >= 11 is 20.7. The lowest BCUT2D eigenvalue weighted by atomic mass is 10.1. The average molecular weight is 282 g/mol. The Bertz CT molecular complexity index is 95.7. The van der Waals surface area contributed by atoms with Gasteiger partial charge in [0.2, 0.25) is 0 Å². The fourth-order valence-corrected chi connectivity index (χ4v) is 2.52. The molecule has 0 amide bonds. The summed E-state index contributed by atoms with van der Waals surface area (Å²) in [6.07, 6.45) is 3.61. The normalized spacial score (nSPS) is 12.0. The number of halogens is 4. The van der Waals surface area contributed by atoms with Crippen LogP contribution in [0.15, 0.2) is 0 Å². The highest BCUT2D eigenvalue weighted by Gasteiger charge is 2.21. The number of alkyl halides is 4. The summed E-state index contributed by atoms with van der Waals surface area (Å²) in [5.74, 6) is 0.693. The van der Waals surface area contributed by atoms with Crippen LogP contribution in [0.1, 0.15) is 25.7 Å². The molecule has 0 atom stereocenters. The highest BCUT2D eigenvalue weighted by atomic mass is 79.9. The summed E-state index contributed by atoms with van der Waals surface area (Å²) in [7, 11) is 0. The van der Waals surface area contributed by atoms with Gasteiger partial charge in [0, 0.05) is 11.2 Å². The van der Waals surface area contributed by atoms with Crippen molar-refractivity contribution in [1.29, 1.82) is 0 Å². The van der Waals surface area contributed by atoms with Crippen LogP contribution in [-0.4, -0.2) is 15.5 Å². The molecule has 0 N–H and O–H groups in total. The number of rotatable bonds is 6. The Morgan fingerprint density at radius 2 is 1.73 bits per heavy atom. The maximum absolute atomic E-state index is 5.96. The third kappa shape index (κ3) is 7.70. The Labute approximate surface area is 91.7 Å². The smallest absolute Gasteiger partial charge is 0.119 e. The van der Waals surface area contributed by atoms with Gasteiger partial charge in [-0.25, -0.2) is 0 Å². The third-order valence-electron chi connectivity index (χ3n) is 1.39. The van der Waals surface area contributed by atoms with Gasteiger partial charge in [-0.05, 0) is 25.7 Å². The van der Waals surface area contributed by atoms with Crippen LogP contribution in [0.2, 0.25) is 0 Å². The molecule has 0 aliphatic rings. The van der Waals surface area contributed by atoms with E-state index in [0.717, 1.165) is 31.0 Å². The first kappa shape index (κ1) is 12.3. The Balaban J connectivity index is 3.38. The van der Waals surface area contributed by atoms with Crippen LogP contribution in [-0.2, 0) is 0 Å². The van der Waals surface area contributed by atoms with Crippen molar-refractivity contribution >= 4 is 50.7 Å². The first-order chi connectivity index (χ1) is 5.12. The molecule has 68 valence electrons. The zero-order chi connectivity index (χ0) is 8.74. The van der Waals surface area contributed by atoms with Crippen LogP contribution in [0, 0.1) is 0 Å². The molecule has 0 saturated heterocycles. The fraction of sp³-hybridized carbons (Fsp3) is 1.00. The summed E-state index contributed by atoms with van der Waals surface area (Å²) in [5, 5.41) is 0.848. The average Bonchev–Trinajstić information content (AvgIpc) is 1.87. The molecular formula is C7H12BrCl3. The molecule has 0 radical (unpaired) electrons. The molecule has 0 aromatic rings. The van der Waals surface area contributed by atoms with E-state index in [9.17, 15) is 0 Å². The molecule has 0 aromatic heterocycles. The van der Waals surface area contributed by atoms with Gasteiger partial charge in [-0.3, -0.25) is 0 Å². The van der Waals surface area contributed by atoms with Gasteiger partial charge in [0.1, 0.15) is 4.33 Å². The lowest BCUT2D eigenvalue weighted by molar-refractivity contribution is 0.627. The van der Waals surface area contributed by atoms with E-state index in [1.54, 1.807) is 0 Å². The van der Waals surface area contributed by atoms with E-state index in [1.807, 2.05) is 0 Å². The maximum atomic E-state index is 5.96. The minimum absolute atomic E-state index is 0.560. The molecule has 0 nitrogen and oxygen atoms in total. The van der Waals surface area contributed by atoms with Crippen molar-refractivity contribution in [2.45, 2.75) is 30.0 Å². The molecule has 0 aromatic carbocycles. The number of hydrogen-bond donors (Lipinski definition) is 0. The van der Waals surface area contributed by atoms with Gasteiger partial charge < -0.3 is 0 Å². The van der Waals surface area contributed by atoms with E-state index < -0.39 is 4.33 Å². The summed E-state index contributed by atoms with van der Waals surface area (Å²) in [6, 6.07) is 0. The van der Waals surface area contributed by atoms with Crippen LogP contribution >= 0.6 is 50.7 Å². The molecular weight excluding hydrogens is 270 g/mol. The van der Waals surface area contributed by atoms with E-state index >= 15 is 0 Å². The summed E-state index contributed by atoms with van der Waals surface area (Å²) in [6.45, 7) is 0. The zero-order valence-electron chi connectivity index (χ0n) is 6.25. The summed E-state index contributed by atoms with van der Waals surface area (Å²) in [4.78, 5) is 0. The number of unbranched alkanes of at least 4 members (excludes halogenated alkanes) is 1. The van der Waals surface area contributed by atoms with Gasteiger partial charge >= 0.3 is 0 Å². The molecule has 0 saturated carbocycles. The van der Waals surface area contributed by atoms with E-state index in [1.165, 1.54) is 0 Å². The second-order valence-corrected chi connectivity index (χ2v) is 5.25. The van der Waals surface area contributed by atoms with Gasteiger partial charge in [0.05, 0.1) is 0 Å². The van der Waals surface area contributed by atoms with Gasteiger partial charge in [-0.1, -0.05) is 15.9 Å². The topological polar surface area (TPSA) is 0 Å². The Hall–Kier alpha value is 1.35. The molecule has 0 heterocycles. The molecule has 0 spiro atoms. The Morgan fingerprint density at radius 3 is 2.18 bits per heavy atom. The van der Waals surface area contributed by atoms with Crippen molar-refractivity contribution in [2.75, 3.05) is 11.2 Å². The van der Waals surface area contributed by atoms with Gasteiger partial charge in [-0.2, -0.15) is 0 Å². The first-order valence-electron chi connectivity index (χ1n) is 3.62. The van der Waals surface area contributed by atoms with E-state index in [0.29, 0.717) is 5.88 Å². The van der Waals surface area contributed by atoms with Crippen molar-refractivity contribution in [2.24, 2.45) is 0 Å². The van der Waals surface area contributed by atoms with Crippen molar-refractivity contribution in [3.05, 3.63) is 0 Å². The van der Waals surface area contributed by atoms with Crippen molar-refractivity contribution in [3.8, 4) is 0 Å². The lowest BCUT2D eigenvalue weighted by Gasteiger charge is -2.17. The van der Waals surface area contributed by atoms with Gasteiger partial charge in [0.15, 0.2) is 0 Å². The van der Waals surface area contributed by atoms with Crippen LogP contribution in [0.3, 0.4) is 0 Å². The van der Waals surface area contributed by atoms with Gasteiger partial charge in [0.25, 0.3) is 0 Å². The predicted molar refractivity (Wildman–Crippen MR) is 57.4 cm³/mol. The van der Waals surface area contributed by atoms with Crippen LogP contribution in [0.25, 0.3) is 0 Å². The second kappa shape index (κ2) is 6.82. The second-order valence-electron chi connectivity index (χ2n) is 2.44. The predicted octanol–water partition coefficient (Wildman–Crippen LogP) is 4.35. The summed E-state index contributed by atoms with van der Waals surface area (Å²) in [5.41, 5.74) is 0. The molecule has 0 aliphatic heterocycles. The molecule has 0 unspecified atom stereocenters. The maximum Gasteiger partial charge on any atom is 0.119 e. The molecule has 4 heteroatoms. The van der Waals surface area contributed by atoms with E-state index in [4.69, 9.17) is 34.8 Å². The highest BCUT2D eigenvalue weighted by Crippen LogP contribution is 2.31. The molecule has 0 bridgehead atoms. The largest absolute Gasteiger partial charge is 0.127 e. The third-order valence-corrected chi connectivity index (χ3v) is 2.81. The Morgan fingerprint density at radius 1 is 1.09 bits per heavy atom. The molecule has 0 fully saturated rings. The first-order valence-corrected chi connectivity index (χ1v) is 6.03. The Kier molecular flexibility index (Phi) is 7.66. The monoisotopic (exact) mass is 280 g/mol. The molecule has 0 aliphatic carbocycles.